The fourth-order valence-electron chi connectivity index (χ4n) is 1.26. The summed E-state index contributed by atoms with van der Waals surface area (Å²) in [4.78, 5) is 0. The Morgan fingerprint density at radius 2 is 1.21 bits per heavy atom. The molecular weight excluding hydrogens is 336 g/mol. The zero-order valence-electron chi connectivity index (χ0n) is 9.07. The maximum atomic E-state index is 6.45. The van der Waals surface area contributed by atoms with Crippen LogP contribution in [0.5, 0.6) is 0 Å². The summed E-state index contributed by atoms with van der Waals surface area (Å²) in [6.45, 7) is 0. The fourth-order valence-corrected chi connectivity index (χ4v) is 7.28. The third-order valence-electron chi connectivity index (χ3n) is 2.24. The van der Waals surface area contributed by atoms with Crippen molar-refractivity contribution in [1.29, 1.82) is 0 Å². The second-order valence-corrected chi connectivity index (χ2v) is 29.1. The van der Waals surface area contributed by atoms with Crippen LogP contribution in [0.2, 0.25) is 23.0 Å². The van der Waals surface area contributed by atoms with E-state index in [1.165, 1.54) is 8.79 Å². The molecule has 0 aromatic heterocycles. The van der Waals surface area contributed by atoms with E-state index in [0.717, 1.165) is 0 Å². The number of halogens is 2. The van der Waals surface area contributed by atoms with Crippen LogP contribution in [0.4, 0.5) is 0 Å². The van der Waals surface area contributed by atoms with Crippen LogP contribution in [0.25, 0.3) is 0 Å². The van der Waals surface area contributed by atoms with Gasteiger partial charge in [0.1, 0.15) is 0 Å². The van der Waals surface area contributed by atoms with E-state index in [9.17, 15) is 0 Å². The Balaban J connectivity index is 3.15. The first-order chi connectivity index (χ1) is 6.21. The molecule has 0 bridgehead atoms. The van der Waals surface area contributed by atoms with E-state index in [4.69, 9.17) is 20.0 Å². The van der Waals surface area contributed by atoms with Gasteiger partial charge in [-0.3, -0.25) is 0 Å². The minimum atomic E-state index is -2.19. The fraction of sp³-hybridized carbons (Fsp3) is 0.400. The van der Waals surface area contributed by atoms with E-state index >= 15 is 0 Å². The van der Waals surface area contributed by atoms with Crippen LogP contribution in [0.15, 0.2) is 24.3 Å². The summed E-state index contributed by atoms with van der Waals surface area (Å²) < 4.78 is 2.67. The molecule has 0 nitrogen and oxygen atoms in total. The van der Waals surface area contributed by atoms with Crippen molar-refractivity contribution in [2.24, 2.45) is 0 Å². The molecule has 1 rings (SSSR count). The molecule has 1 aromatic carbocycles. The molecule has 0 spiro atoms. The van der Waals surface area contributed by atoms with Gasteiger partial charge in [0.2, 0.25) is 0 Å². The summed E-state index contributed by atoms with van der Waals surface area (Å²) in [6, 6.07) is 8.61. The van der Waals surface area contributed by atoms with Crippen molar-refractivity contribution in [3.63, 3.8) is 0 Å². The Kier molecular flexibility index (Phi) is 4.07. The third-order valence-corrected chi connectivity index (χ3v) is 11.6. The Hall–Kier alpha value is 0.886. The molecule has 0 atom stereocenters. The van der Waals surface area contributed by atoms with Gasteiger partial charge in [-0.2, -0.15) is 0 Å². The van der Waals surface area contributed by atoms with Gasteiger partial charge in [0.25, 0.3) is 0 Å². The molecule has 0 aliphatic carbocycles. The SMILES string of the molecule is [CH3][Ge]([CH3])([Cl])[c]1ccc[c]([Ge]([CH3])([CH3])[Cl])c1. The Bertz CT molecular complexity index is 294. The van der Waals surface area contributed by atoms with Crippen molar-refractivity contribution in [3.8, 4) is 0 Å². The van der Waals surface area contributed by atoms with Gasteiger partial charge in [-0.1, -0.05) is 0 Å². The van der Waals surface area contributed by atoms with Gasteiger partial charge >= 0.3 is 101 Å². The molecule has 0 unspecified atom stereocenters. The van der Waals surface area contributed by atoms with Crippen LogP contribution >= 0.6 is 20.0 Å². The minimum absolute atomic E-state index is 1.34. The van der Waals surface area contributed by atoms with E-state index < -0.39 is 24.7 Å². The second-order valence-electron chi connectivity index (χ2n) is 4.53. The van der Waals surface area contributed by atoms with Crippen LogP contribution < -0.4 is 8.79 Å². The molecular formula is C10H16Cl2Ge2. The van der Waals surface area contributed by atoms with Gasteiger partial charge in [0.15, 0.2) is 0 Å². The molecule has 0 saturated heterocycles. The van der Waals surface area contributed by atoms with Crippen LogP contribution in [0.1, 0.15) is 0 Å². The molecule has 0 fully saturated rings. The number of hydrogen-bond acceptors (Lipinski definition) is 0. The van der Waals surface area contributed by atoms with Gasteiger partial charge in [0.05, 0.1) is 0 Å². The summed E-state index contributed by atoms with van der Waals surface area (Å²) >= 11 is -4.38. The molecule has 0 aliphatic rings. The molecule has 14 heavy (non-hydrogen) atoms. The predicted molar refractivity (Wildman–Crippen MR) is 72.4 cm³/mol. The van der Waals surface area contributed by atoms with Crippen LogP contribution in [0, 0.1) is 0 Å². The molecule has 0 N–H and O–H groups in total. The summed E-state index contributed by atoms with van der Waals surface area (Å²) in [6.07, 6.45) is 0. The number of rotatable bonds is 2. The van der Waals surface area contributed by atoms with Crippen molar-refractivity contribution < 1.29 is 0 Å². The zero-order chi connectivity index (χ0) is 11.0. The standard InChI is InChI=1S/C10H16Cl2Ge2/c1-13(2,11)9-6-5-7-10(8-9)14(3,4)12/h5-8H,1-4H3. The molecule has 4 heteroatoms. The monoisotopic (exact) mass is 354 g/mol. The first-order valence-electron chi connectivity index (χ1n) is 4.70. The molecule has 0 radical (unpaired) electrons. The number of benzene rings is 1. The molecule has 0 aliphatic heterocycles. The Morgan fingerprint density at radius 1 is 0.857 bits per heavy atom. The average Bonchev–Trinajstić information content (AvgIpc) is 2.01. The quantitative estimate of drug-likeness (QED) is 0.718. The normalized spacial score (nSPS) is 13.0. The van der Waals surface area contributed by atoms with Crippen molar-refractivity contribution in [2.45, 2.75) is 23.0 Å². The van der Waals surface area contributed by atoms with Crippen LogP contribution in [0.3, 0.4) is 0 Å². The van der Waals surface area contributed by atoms with Gasteiger partial charge in [-0.05, 0) is 0 Å². The Morgan fingerprint density at radius 3 is 1.50 bits per heavy atom. The summed E-state index contributed by atoms with van der Waals surface area (Å²) in [5.74, 6) is 8.76. The van der Waals surface area contributed by atoms with Crippen molar-refractivity contribution in [1.82, 2.24) is 0 Å². The van der Waals surface area contributed by atoms with Crippen molar-refractivity contribution >= 4 is 53.5 Å². The summed E-state index contributed by atoms with van der Waals surface area (Å²) in [7, 11) is 12.9. The third kappa shape index (κ3) is 3.48. The Labute approximate surface area is 100 Å². The van der Waals surface area contributed by atoms with Gasteiger partial charge in [0, 0.05) is 0 Å². The second kappa shape index (κ2) is 4.40. The molecule has 0 saturated carbocycles. The van der Waals surface area contributed by atoms with E-state index in [-0.39, 0.29) is 0 Å². The van der Waals surface area contributed by atoms with E-state index in [2.05, 4.69) is 47.3 Å². The van der Waals surface area contributed by atoms with Gasteiger partial charge in [-0.25, -0.2) is 0 Å². The summed E-state index contributed by atoms with van der Waals surface area (Å²) in [5, 5.41) is 0. The van der Waals surface area contributed by atoms with Crippen LogP contribution in [-0.2, 0) is 0 Å². The maximum absolute atomic E-state index is 6.45. The van der Waals surface area contributed by atoms with Crippen molar-refractivity contribution in [2.75, 3.05) is 0 Å². The summed E-state index contributed by atoms with van der Waals surface area (Å²) in [5.41, 5.74) is 0. The molecule has 0 amide bonds. The first kappa shape index (κ1) is 13.0. The topological polar surface area (TPSA) is 0 Å². The molecule has 78 valence electrons. The van der Waals surface area contributed by atoms with Crippen molar-refractivity contribution in [3.05, 3.63) is 24.3 Å². The van der Waals surface area contributed by atoms with Gasteiger partial charge in [-0.15, -0.1) is 0 Å². The number of hydrogen-bond donors (Lipinski definition) is 0. The van der Waals surface area contributed by atoms with Crippen LogP contribution in [-0.4, -0.2) is 24.7 Å². The van der Waals surface area contributed by atoms with Gasteiger partial charge < -0.3 is 0 Å². The molecule has 0 heterocycles. The predicted octanol–water partition coefficient (Wildman–Crippen LogP) is 2.99. The first-order valence-corrected chi connectivity index (χ1v) is 20.7. The average molecular weight is 352 g/mol. The van der Waals surface area contributed by atoms with E-state index in [1.54, 1.807) is 0 Å². The van der Waals surface area contributed by atoms with E-state index in [0.29, 0.717) is 0 Å². The zero-order valence-corrected chi connectivity index (χ0v) is 14.8. The molecule has 1 aromatic rings. The van der Waals surface area contributed by atoms with E-state index in [1.807, 2.05) is 0 Å².